The first-order valence-corrected chi connectivity index (χ1v) is 13.0. The van der Waals surface area contributed by atoms with Crippen LogP contribution in [0.5, 0.6) is 0 Å². The summed E-state index contributed by atoms with van der Waals surface area (Å²) in [5.41, 5.74) is 2.95. The molecule has 0 spiro atoms. The van der Waals surface area contributed by atoms with Gasteiger partial charge in [-0.2, -0.15) is 0 Å². The number of carbonyl (C=O) groups is 3. The van der Waals surface area contributed by atoms with E-state index in [0.29, 0.717) is 37.1 Å². The zero-order valence-electron chi connectivity index (χ0n) is 21.9. The fourth-order valence-corrected chi connectivity index (χ4v) is 4.67. The zero-order valence-corrected chi connectivity index (χ0v) is 21.9. The van der Waals surface area contributed by atoms with Gasteiger partial charge in [0.25, 0.3) is 5.91 Å². The Morgan fingerprint density at radius 1 is 1.08 bits per heavy atom. The SMILES string of the molecule is CCCC(=O)N(C)c1cccc(C(=O)N[C@@H](Cc2ccccc2)C(=O)N2CC=CCC2c2cccnc2)c1.[HH]. The molecule has 3 aromatic rings. The molecule has 2 heterocycles. The highest BCUT2D eigenvalue weighted by molar-refractivity contribution is 6.00. The fraction of sp³-hybridized carbons (Fsp3) is 0.290. The predicted molar refractivity (Wildman–Crippen MR) is 151 cm³/mol. The Bertz CT molecular complexity index is 1280. The van der Waals surface area contributed by atoms with Gasteiger partial charge in [-0.3, -0.25) is 19.4 Å². The maximum absolute atomic E-state index is 14.0. The van der Waals surface area contributed by atoms with E-state index in [-0.39, 0.29) is 25.2 Å². The minimum atomic E-state index is -0.765. The first-order valence-electron chi connectivity index (χ1n) is 13.0. The van der Waals surface area contributed by atoms with Crippen LogP contribution in [0, 0.1) is 0 Å². The summed E-state index contributed by atoms with van der Waals surface area (Å²) in [6.07, 6.45) is 9.79. The van der Waals surface area contributed by atoms with Crippen molar-refractivity contribution in [2.45, 2.75) is 44.7 Å². The second-order valence-electron chi connectivity index (χ2n) is 9.47. The normalized spacial score (nSPS) is 15.5. The summed E-state index contributed by atoms with van der Waals surface area (Å²) >= 11 is 0. The van der Waals surface area contributed by atoms with Crippen LogP contribution in [0.15, 0.2) is 91.3 Å². The standard InChI is InChI=1S/C31H34N4O3.H2/c1-3-11-29(36)34(2)26-16-9-14-24(21-26)30(37)33-27(20-23-12-5-4-6-13-23)31(38)35-19-8-7-17-28(35)25-15-10-18-32-22-25;/h4-10,12-16,18,21-22,27-28H,3,11,17,19-20H2,1-2H3,(H,33,37);1H/t27-,28?;/m0./s1. The van der Waals surface area contributed by atoms with Gasteiger partial charge in [0.1, 0.15) is 6.04 Å². The van der Waals surface area contributed by atoms with Crippen LogP contribution in [0.1, 0.15) is 55.1 Å². The smallest absolute Gasteiger partial charge is 0.252 e. The molecule has 7 nitrogen and oxygen atoms in total. The number of carbonyl (C=O) groups excluding carboxylic acids is 3. The van der Waals surface area contributed by atoms with Gasteiger partial charge in [-0.05, 0) is 48.2 Å². The molecule has 1 aliphatic heterocycles. The lowest BCUT2D eigenvalue weighted by Gasteiger charge is -2.36. The number of rotatable bonds is 9. The van der Waals surface area contributed by atoms with E-state index in [9.17, 15) is 14.4 Å². The predicted octanol–water partition coefficient (Wildman–Crippen LogP) is 4.96. The van der Waals surface area contributed by atoms with Crippen molar-refractivity contribution in [2.75, 3.05) is 18.5 Å². The number of hydrogen-bond donors (Lipinski definition) is 1. The molecule has 1 N–H and O–H groups in total. The molecule has 7 heteroatoms. The molecule has 38 heavy (non-hydrogen) atoms. The molecule has 2 atom stereocenters. The van der Waals surface area contributed by atoms with Crippen LogP contribution in [0.3, 0.4) is 0 Å². The highest BCUT2D eigenvalue weighted by Gasteiger charge is 2.32. The van der Waals surface area contributed by atoms with Crippen LogP contribution >= 0.6 is 0 Å². The second kappa shape index (κ2) is 12.8. The van der Waals surface area contributed by atoms with Crippen molar-refractivity contribution in [1.29, 1.82) is 0 Å². The van der Waals surface area contributed by atoms with Gasteiger partial charge < -0.3 is 15.1 Å². The van der Waals surface area contributed by atoms with Crippen molar-refractivity contribution in [3.05, 3.63) is 108 Å². The number of nitrogens with one attached hydrogen (secondary N) is 1. The summed E-state index contributed by atoms with van der Waals surface area (Å²) in [6, 6.07) is 19.5. The van der Waals surface area contributed by atoms with Crippen LogP contribution in [0.25, 0.3) is 0 Å². The summed E-state index contributed by atoms with van der Waals surface area (Å²) in [6.45, 7) is 2.41. The Morgan fingerprint density at radius 2 is 1.89 bits per heavy atom. The number of hydrogen-bond acceptors (Lipinski definition) is 4. The molecule has 0 saturated heterocycles. The molecule has 1 aromatic heterocycles. The average Bonchev–Trinajstić information content (AvgIpc) is 2.97. The van der Waals surface area contributed by atoms with Gasteiger partial charge in [-0.25, -0.2) is 0 Å². The third kappa shape index (κ3) is 6.54. The lowest BCUT2D eigenvalue weighted by Crippen LogP contribution is -2.51. The van der Waals surface area contributed by atoms with E-state index in [2.05, 4.69) is 16.4 Å². The highest BCUT2D eigenvalue weighted by atomic mass is 16.2. The Balaban J connectivity index is 0.00000420. The third-order valence-corrected chi connectivity index (χ3v) is 6.78. The maximum Gasteiger partial charge on any atom is 0.252 e. The molecule has 0 radical (unpaired) electrons. The van der Waals surface area contributed by atoms with E-state index >= 15 is 0 Å². The Hall–Kier alpha value is -4.26. The Kier molecular flexibility index (Phi) is 9.03. The van der Waals surface area contributed by atoms with Gasteiger partial charge >= 0.3 is 0 Å². The van der Waals surface area contributed by atoms with Crippen LogP contribution < -0.4 is 10.2 Å². The molecule has 1 unspecified atom stereocenters. The largest absolute Gasteiger partial charge is 0.340 e. The van der Waals surface area contributed by atoms with E-state index in [0.717, 1.165) is 17.5 Å². The van der Waals surface area contributed by atoms with E-state index in [1.807, 2.05) is 60.4 Å². The molecule has 2 aromatic carbocycles. The number of anilines is 1. The van der Waals surface area contributed by atoms with E-state index < -0.39 is 6.04 Å². The van der Waals surface area contributed by atoms with Crippen molar-refractivity contribution in [2.24, 2.45) is 0 Å². The number of amides is 3. The van der Waals surface area contributed by atoms with Crippen LogP contribution in [0.2, 0.25) is 0 Å². The van der Waals surface area contributed by atoms with Crippen molar-refractivity contribution >= 4 is 23.4 Å². The first-order chi connectivity index (χ1) is 18.5. The Labute approximate surface area is 225 Å². The monoisotopic (exact) mass is 512 g/mol. The molecule has 0 aliphatic carbocycles. The van der Waals surface area contributed by atoms with Crippen molar-refractivity contribution < 1.29 is 15.8 Å². The summed E-state index contributed by atoms with van der Waals surface area (Å²) < 4.78 is 0. The fourth-order valence-electron chi connectivity index (χ4n) is 4.67. The zero-order chi connectivity index (χ0) is 26.9. The lowest BCUT2D eigenvalue weighted by atomic mass is 9.97. The minimum absolute atomic E-state index is 0. The van der Waals surface area contributed by atoms with Crippen molar-refractivity contribution in [1.82, 2.24) is 15.2 Å². The van der Waals surface area contributed by atoms with Gasteiger partial charge in [-0.15, -0.1) is 0 Å². The summed E-state index contributed by atoms with van der Waals surface area (Å²) in [5, 5.41) is 3.00. The lowest BCUT2D eigenvalue weighted by molar-refractivity contribution is -0.135. The quantitative estimate of drug-likeness (QED) is 0.411. The molecule has 4 rings (SSSR count). The minimum Gasteiger partial charge on any atom is -0.340 e. The topological polar surface area (TPSA) is 82.6 Å². The molecule has 3 amide bonds. The summed E-state index contributed by atoms with van der Waals surface area (Å²) in [5.74, 6) is -0.517. The first kappa shape index (κ1) is 26.8. The van der Waals surface area contributed by atoms with Crippen LogP contribution in [-0.4, -0.2) is 47.2 Å². The van der Waals surface area contributed by atoms with E-state index in [1.165, 1.54) is 0 Å². The maximum atomic E-state index is 14.0. The number of benzene rings is 2. The second-order valence-corrected chi connectivity index (χ2v) is 9.47. The van der Waals surface area contributed by atoms with Crippen molar-refractivity contribution in [3.8, 4) is 0 Å². The highest BCUT2D eigenvalue weighted by Crippen LogP contribution is 2.28. The van der Waals surface area contributed by atoms with Gasteiger partial charge in [0.05, 0.1) is 6.04 Å². The molecule has 0 bridgehead atoms. The van der Waals surface area contributed by atoms with Crippen molar-refractivity contribution in [3.63, 3.8) is 0 Å². The van der Waals surface area contributed by atoms with Gasteiger partial charge in [0.15, 0.2) is 0 Å². The van der Waals surface area contributed by atoms with E-state index in [1.54, 1.807) is 48.6 Å². The molecule has 0 saturated carbocycles. The van der Waals surface area contributed by atoms with Crippen LogP contribution in [-0.2, 0) is 16.0 Å². The van der Waals surface area contributed by atoms with Gasteiger partial charge in [0, 0.05) is 51.5 Å². The van der Waals surface area contributed by atoms with E-state index in [4.69, 9.17) is 0 Å². The molecule has 198 valence electrons. The number of aromatic nitrogens is 1. The summed E-state index contributed by atoms with van der Waals surface area (Å²) in [7, 11) is 1.71. The molecular formula is C31H36N4O3. The van der Waals surface area contributed by atoms with Crippen LogP contribution in [0.4, 0.5) is 5.69 Å². The molecule has 1 aliphatic rings. The average molecular weight is 513 g/mol. The Morgan fingerprint density at radius 3 is 2.63 bits per heavy atom. The van der Waals surface area contributed by atoms with Gasteiger partial charge in [0.2, 0.25) is 11.8 Å². The number of pyridine rings is 1. The van der Waals surface area contributed by atoms with Gasteiger partial charge in [-0.1, -0.05) is 61.5 Å². The molecule has 0 fully saturated rings. The third-order valence-electron chi connectivity index (χ3n) is 6.78. The number of nitrogens with zero attached hydrogens (tertiary/aromatic N) is 3. The summed E-state index contributed by atoms with van der Waals surface area (Å²) in [4.78, 5) is 47.4. The molecular weight excluding hydrogens is 476 g/mol.